The minimum absolute atomic E-state index is 0.211. The molecule has 1 N–H and O–H groups in total. The van der Waals surface area contributed by atoms with Gasteiger partial charge in [0.1, 0.15) is 11.4 Å². The van der Waals surface area contributed by atoms with Gasteiger partial charge in [-0.15, -0.1) is 0 Å². The average Bonchev–Trinajstić information content (AvgIpc) is 2.77. The van der Waals surface area contributed by atoms with Gasteiger partial charge in [0.25, 0.3) is 5.56 Å². The number of benzene rings is 3. The number of aryl methyl sites for hydroxylation is 1. The molecule has 6 heteroatoms. The maximum atomic E-state index is 13.2. The van der Waals surface area contributed by atoms with E-state index < -0.39 is 11.5 Å². The maximum absolute atomic E-state index is 13.2. The predicted octanol–water partition coefficient (Wildman–Crippen LogP) is 4.62. The fourth-order valence-electron chi connectivity index (χ4n) is 4.45. The van der Waals surface area contributed by atoms with Gasteiger partial charge in [-0.05, 0) is 35.4 Å². The Kier molecular flexibility index (Phi) is 3.65. The largest absolute Gasteiger partial charge is 0.437 e. The quantitative estimate of drug-likeness (QED) is 0.401. The molecule has 0 saturated carbocycles. The van der Waals surface area contributed by atoms with Gasteiger partial charge in [-0.1, -0.05) is 54.6 Å². The lowest BCUT2D eigenvalue weighted by Gasteiger charge is -2.27. The van der Waals surface area contributed by atoms with Gasteiger partial charge in [-0.3, -0.25) is 4.79 Å². The number of para-hydroxylation sites is 1. The monoisotopic (exact) mass is 408 g/mol. The molecule has 0 fully saturated rings. The number of hydrogen-bond acceptors (Lipinski definition) is 5. The minimum Gasteiger partial charge on any atom is -0.437 e. The highest BCUT2D eigenvalue weighted by atomic mass is 16.5. The first-order chi connectivity index (χ1) is 15.1. The van der Waals surface area contributed by atoms with Crippen LogP contribution in [0.15, 0.2) is 80.7 Å². The van der Waals surface area contributed by atoms with Gasteiger partial charge in [0.05, 0.1) is 22.4 Å². The van der Waals surface area contributed by atoms with Crippen LogP contribution >= 0.6 is 0 Å². The van der Waals surface area contributed by atoms with Crippen LogP contribution in [0.2, 0.25) is 0 Å². The molecule has 0 radical (unpaired) electrons. The molecule has 1 aliphatic rings. The van der Waals surface area contributed by atoms with E-state index in [0.717, 1.165) is 16.3 Å². The number of aromatic nitrogens is 2. The van der Waals surface area contributed by atoms with E-state index in [1.165, 1.54) is 0 Å². The van der Waals surface area contributed by atoms with E-state index in [4.69, 9.17) is 9.15 Å². The van der Waals surface area contributed by atoms with Crippen LogP contribution in [0, 0.1) is 6.92 Å². The molecule has 5 aromatic rings. The smallest absolute Gasteiger partial charge is 0.344 e. The van der Waals surface area contributed by atoms with E-state index in [0.29, 0.717) is 33.7 Å². The van der Waals surface area contributed by atoms with Crippen molar-refractivity contribution in [2.75, 3.05) is 0 Å². The molecular weight excluding hydrogens is 392 g/mol. The Morgan fingerprint density at radius 3 is 2.48 bits per heavy atom. The summed E-state index contributed by atoms with van der Waals surface area (Å²) in [5.74, 6) is 0.357. The Hall–Kier alpha value is -4.19. The van der Waals surface area contributed by atoms with Gasteiger partial charge in [0.2, 0.25) is 5.88 Å². The highest BCUT2D eigenvalue weighted by Crippen LogP contribution is 2.47. The van der Waals surface area contributed by atoms with Gasteiger partial charge < -0.3 is 14.1 Å². The van der Waals surface area contributed by atoms with Crippen molar-refractivity contribution in [1.82, 2.24) is 9.97 Å². The fourth-order valence-corrected chi connectivity index (χ4v) is 4.45. The second kappa shape index (κ2) is 6.40. The molecule has 6 rings (SSSR count). The van der Waals surface area contributed by atoms with E-state index in [9.17, 15) is 9.59 Å². The normalized spacial score (nSPS) is 14.8. The van der Waals surface area contributed by atoms with E-state index >= 15 is 0 Å². The Morgan fingerprint density at radius 1 is 0.871 bits per heavy atom. The molecule has 0 saturated heterocycles. The zero-order valence-corrected chi connectivity index (χ0v) is 16.5. The molecule has 1 aliphatic heterocycles. The SMILES string of the molecule is Cc1nc2c(c(=O)[nH]1)C(c1cccc3ccccc13)c1c(c3ccccc3oc1=O)O2. The first-order valence-corrected chi connectivity index (χ1v) is 9.94. The van der Waals surface area contributed by atoms with Gasteiger partial charge in [-0.2, -0.15) is 4.98 Å². The standard InChI is InChI=1S/C25H16N2O4/c1-13-26-23(28)21-19(16-11-6-8-14-7-2-3-9-15(14)16)20-22(31-24(21)27-13)17-10-4-5-12-18(17)30-25(20)29/h2-12,19H,1H3,(H,26,27,28). The van der Waals surface area contributed by atoms with Gasteiger partial charge in [0, 0.05) is 0 Å². The van der Waals surface area contributed by atoms with Crippen molar-refractivity contribution in [1.29, 1.82) is 0 Å². The Labute approximate surface area is 175 Å². The second-order valence-electron chi connectivity index (χ2n) is 7.60. The Morgan fingerprint density at radius 2 is 1.61 bits per heavy atom. The maximum Gasteiger partial charge on any atom is 0.344 e. The molecule has 0 spiro atoms. The molecular formula is C25H16N2O4. The van der Waals surface area contributed by atoms with Crippen LogP contribution in [0.1, 0.15) is 28.4 Å². The molecule has 3 heterocycles. The molecule has 0 aliphatic carbocycles. The molecule has 1 atom stereocenters. The van der Waals surface area contributed by atoms with Crippen LogP contribution in [0.25, 0.3) is 21.7 Å². The number of aromatic amines is 1. The van der Waals surface area contributed by atoms with Crippen LogP contribution in [0.5, 0.6) is 11.6 Å². The molecule has 0 amide bonds. The molecule has 2 aromatic heterocycles. The highest BCUT2D eigenvalue weighted by molar-refractivity contribution is 5.90. The summed E-state index contributed by atoms with van der Waals surface area (Å²) in [6, 6.07) is 20.9. The molecule has 3 aromatic carbocycles. The first kappa shape index (κ1) is 17.7. The van der Waals surface area contributed by atoms with Gasteiger partial charge in [0.15, 0.2) is 5.75 Å². The molecule has 0 bridgehead atoms. The number of hydrogen-bond donors (Lipinski definition) is 1. The van der Waals surface area contributed by atoms with Crippen molar-refractivity contribution in [2.45, 2.75) is 12.8 Å². The number of nitrogens with one attached hydrogen (secondary N) is 1. The number of rotatable bonds is 1. The van der Waals surface area contributed by atoms with Gasteiger partial charge >= 0.3 is 5.63 Å². The van der Waals surface area contributed by atoms with Crippen LogP contribution in [-0.4, -0.2) is 9.97 Å². The van der Waals surface area contributed by atoms with E-state index in [1.54, 1.807) is 19.1 Å². The fraction of sp³-hybridized carbons (Fsp3) is 0.0800. The number of nitrogens with zero attached hydrogens (tertiary/aromatic N) is 1. The third kappa shape index (κ3) is 2.55. The minimum atomic E-state index is -0.678. The summed E-state index contributed by atoms with van der Waals surface area (Å²) in [6.07, 6.45) is 0. The topological polar surface area (TPSA) is 85.2 Å². The van der Waals surface area contributed by atoms with Crippen molar-refractivity contribution in [3.8, 4) is 11.6 Å². The molecule has 6 nitrogen and oxygen atoms in total. The van der Waals surface area contributed by atoms with E-state index in [-0.39, 0.29) is 11.4 Å². The summed E-state index contributed by atoms with van der Waals surface area (Å²) in [5.41, 5.74) is 0.988. The van der Waals surface area contributed by atoms with Crippen molar-refractivity contribution in [2.24, 2.45) is 0 Å². The number of H-pyrrole nitrogens is 1. The van der Waals surface area contributed by atoms with Crippen molar-refractivity contribution in [3.05, 3.63) is 110 Å². The van der Waals surface area contributed by atoms with Crippen LogP contribution in [0.3, 0.4) is 0 Å². The lowest BCUT2D eigenvalue weighted by molar-refractivity contribution is 0.419. The third-order valence-corrected chi connectivity index (χ3v) is 5.75. The number of ether oxygens (including phenoxy) is 1. The second-order valence-corrected chi connectivity index (χ2v) is 7.60. The highest BCUT2D eigenvalue weighted by Gasteiger charge is 2.37. The van der Waals surface area contributed by atoms with Crippen LogP contribution < -0.4 is 15.9 Å². The van der Waals surface area contributed by atoms with E-state index in [2.05, 4.69) is 9.97 Å². The summed E-state index contributed by atoms with van der Waals surface area (Å²) in [6.45, 7) is 1.70. The Balaban J connectivity index is 1.79. The van der Waals surface area contributed by atoms with E-state index in [1.807, 2.05) is 54.6 Å². The molecule has 1 unspecified atom stereocenters. The summed E-state index contributed by atoms with van der Waals surface area (Å²) in [7, 11) is 0. The van der Waals surface area contributed by atoms with Crippen LogP contribution in [-0.2, 0) is 0 Å². The predicted molar refractivity (Wildman–Crippen MR) is 117 cm³/mol. The number of fused-ring (bicyclic) bond motifs is 5. The van der Waals surface area contributed by atoms with Crippen molar-refractivity contribution in [3.63, 3.8) is 0 Å². The van der Waals surface area contributed by atoms with Crippen LogP contribution in [0.4, 0.5) is 0 Å². The zero-order chi connectivity index (χ0) is 21.1. The lowest BCUT2D eigenvalue weighted by atomic mass is 9.82. The Bertz CT molecular complexity index is 1630. The third-order valence-electron chi connectivity index (χ3n) is 5.75. The first-order valence-electron chi connectivity index (χ1n) is 9.94. The van der Waals surface area contributed by atoms with Crippen molar-refractivity contribution < 1.29 is 9.15 Å². The summed E-state index contributed by atoms with van der Waals surface area (Å²) in [5, 5.41) is 2.62. The summed E-state index contributed by atoms with van der Waals surface area (Å²) in [4.78, 5) is 33.5. The molecule has 31 heavy (non-hydrogen) atoms. The molecule has 150 valence electrons. The summed E-state index contributed by atoms with van der Waals surface area (Å²) >= 11 is 0. The van der Waals surface area contributed by atoms with Gasteiger partial charge in [-0.25, -0.2) is 4.79 Å². The average molecular weight is 408 g/mol. The summed E-state index contributed by atoms with van der Waals surface area (Å²) < 4.78 is 11.7. The van der Waals surface area contributed by atoms with Crippen molar-refractivity contribution >= 4 is 21.7 Å². The zero-order valence-electron chi connectivity index (χ0n) is 16.5. The lowest BCUT2D eigenvalue weighted by Crippen LogP contribution is -2.28.